The molecule has 4 nitrogen and oxygen atoms in total. The number of alkyl halides is 3. The first kappa shape index (κ1) is 23.7. The van der Waals surface area contributed by atoms with Crippen molar-refractivity contribution in [3.8, 4) is 5.75 Å². The fourth-order valence-electron chi connectivity index (χ4n) is 2.93. The van der Waals surface area contributed by atoms with Crippen molar-refractivity contribution in [3.63, 3.8) is 0 Å². The zero-order valence-electron chi connectivity index (χ0n) is 17.3. The van der Waals surface area contributed by atoms with Crippen molar-refractivity contribution >= 4 is 17.9 Å². The Labute approximate surface area is 188 Å². The van der Waals surface area contributed by atoms with Crippen LogP contribution in [0.5, 0.6) is 5.75 Å². The van der Waals surface area contributed by atoms with Gasteiger partial charge >= 0.3 is 12.1 Å². The Morgan fingerprint density at radius 3 is 2.28 bits per heavy atom. The van der Waals surface area contributed by atoms with Crippen molar-refractivity contribution in [2.24, 2.45) is 0 Å². The molecule has 2 N–H and O–H groups in total. The van der Waals surface area contributed by atoms with Crippen molar-refractivity contribution in [2.75, 3.05) is 6.54 Å². The summed E-state index contributed by atoms with van der Waals surface area (Å²) in [5.41, 5.74) is 2.09. The Morgan fingerprint density at radius 1 is 1.00 bits per heavy atom. The smallest absolute Gasteiger partial charge is 0.416 e. The summed E-state index contributed by atoms with van der Waals surface area (Å²) < 4.78 is 46.7. The highest BCUT2D eigenvalue weighted by atomic mass is 32.2. The number of halogens is 3. The standard InChI is InChI=1S/C24H22F3NO3S/c1-16-2-11-21(14-22(16)23(29)30)32-28-13-12-17-5-9-20(10-6-17)31-15-18-3-7-19(8-4-18)24(25,26)27/h2-11,14,28H,12-13,15H2,1H3,(H,29,30). The van der Waals surface area contributed by atoms with E-state index in [1.54, 1.807) is 19.1 Å². The average molecular weight is 462 g/mol. The van der Waals surface area contributed by atoms with E-state index in [1.165, 1.54) is 24.1 Å². The molecule has 0 atom stereocenters. The van der Waals surface area contributed by atoms with Crippen LogP contribution < -0.4 is 9.46 Å². The molecule has 0 fully saturated rings. The molecular formula is C24H22F3NO3S. The number of rotatable bonds is 9. The van der Waals surface area contributed by atoms with E-state index in [4.69, 9.17) is 4.74 Å². The van der Waals surface area contributed by atoms with Gasteiger partial charge in [-0.25, -0.2) is 4.79 Å². The number of carboxylic acid groups (broad SMARTS) is 1. The summed E-state index contributed by atoms with van der Waals surface area (Å²) >= 11 is 1.38. The van der Waals surface area contributed by atoms with Gasteiger partial charge in [0.1, 0.15) is 12.4 Å². The van der Waals surface area contributed by atoms with E-state index in [2.05, 4.69) is 4.72 Å². The maximum atomic E-state index is 12.6. The first-order chi connectivity index (χ1) is 15.2. The fraction of sp³-hybridized carbons (Fsp3) is 0.208. The molecule has 0 saturated heterocycles. The third-order valence-corrected chi connectivity index (χ3v) is 5.59. The Morgan fingerprint density at radius 2 is 1.66 bits per heavy atom. The van der Waals surface area contributed by atoms with Gasteiger partial charge in [-0.3, -0.25) is 4.72 Å². The van der Waals surface area contributed by atoms with Gasteiger partial charge in [0, 0.05) is 11.4 Å². The van der Waals surface area contributed by atoms with Gasteiger partial charge in [0.25, 0.3) is 0 Å². The van der Waals surface area contributed by atoms with Crippen LogP contribution in [0, 0.1) is 6.92 Å². The molecule has 168 valence electrons. The zero-order valence-corrected chi connectivity index (χ0v) is 18.1. The summed E-state index contributed by atoms with van der Waals surface area (Å²) in [5.74, 6) is -0.303. The number of nitrogens with one attached hydrogen (secondary N) is 1. The molecule has 0 amide bonds. The summed E-state index contributed by atoms with van der Waals surface area (Å²) in [7, 11) is 0. The maximum Gasteiger partial charge on any atom is 0.416 e. The minimum absolute atomic E-state index is 0.185. The molecule has 0 aliphatic rings. The van der Waals surface area contributed by atoms with Crippen molar-refractivity contribution < 1.29 is 27.8 Å². The van der Waals surface area contributed by atoms with Gasteiger partial charge in [0.2, 0.25) is 0 Å². The van der Waals surface area contributed by atoms with E-state index < -0.39 is 17.7 Å². The summed E-state index contributed by atoms with van der Waals surface area (Å²) in [6, 6.07) is 17.8. The average Bonchev–Trinajstić information content (AvgIpc) is 2.76. The Hall–Kier alpha value is -2.97. The van der Waals surface area contributed by atoms with Crippen LogP contribution in [-0.2, 0) is 19.2 Å². The Balaban J connectivity index is 1.43. The predicted molar refractivity (Wildman–Crippen MR) is 118 cm³/mol. The number of ether oxygens (including phenoxy) is 1. The van der Waals surface area contributed by atoms with Gasteiger partial charge in [-0.15, -0.1) is 0 Å². The van der Waals surface area contributed by atoms with Crippen LogP contribution >= 0.6 is 11.9 Å². The van der Waals surface area contributed by atoms with Crippen LogP contribution in [-0.4, -0.2) is 17.6 Å². The minimum Gasteiger partial charge on any atom is -0.489 e. The van der Waals surface area contributed by atoms with Crippen molar-refractivity contribution in [3.05, 3.63) is 94.5 Å². The van der Waals surface area contributed by atoms with Crippen LogP contribution in [0.2, 0.25) is 0 Å². The lowest BCUT2D eigenvalue weighted by atomic mass is 10.1. The molecule has 0 bridgehead atoms. The number of carbonyl (C=O) groups is 1. The van der Waals surface area contributed by atoms with E-state index in [1.807, 2.05) is 30.3 Å². The summed E-state index contributed by atoms with van der Waals surface area (Å²) in [6.45, 7) is 2.64. The van der Waals surface area contributed by atoms with E-state index in [0.717, 1.165) is 34.6 Å². The second kappa shape index (κ2) is 10.6. The highest BCUT2D eigenvalue weighted by Gasteiger charge is 2.29. The molecule has 3 aromatic rings. The molecular weight excluding hydrogens is 439 g/mol. The number of aromatic carboxylic acids is 1. The molecule has 0 radical (unpaired) electrons. The maximum absolute atomic E-state index is 12.6. The second-order valence-electron chi connectivity index (χ2n) is 7.16. The molecule has 0 aliphatic heterocycles. The highest BCUT2D eigenvalue weighted by Crippen LogP contribution is 2.29. The second-order valence-corrected chi connectivity index (χ2v) is 8.12. The van der Waals surface area contributed by atoms with Gasteiger partial charge in [-0.1, -0.05) is 30.3 Å². The lowest BCUT2D eigenvalue weighted by molar-refractivity contribution is -0.137. The highest BCUT2D eigenvalue weighted by molar-refractivity contribution is 7.97. The van der Waals surface area contributed by atoms with E-state index in [0.29, 0.717) is 23.4 Å². The molecule has 3 aromatic carbocycles. The van der Waals surface area contributed by atoms with Crippen LogP contribution in [0.3, 0.4) is 0 Å². The lowest BCUT2D eigenvalue weighted by Gasteiger charge is -2.10. The number of hydrogen-bond acceptors (Lipinski definition) is 4. The van der Waals surface area contributed by atoms with Crippen LogP contribution in [0.15, 0.2) is 71.6 Å². The van der Waals surface area contributed by atoms with Gasteiger partial charge < -0.3 is 9.84 Å². The van der Waals surface area contributed by atoms with Gasteiger partial charge in [-0.05, 0) is 78.4 Å². The molecule has 32 heavy (non-hydrogen) atoms. The van der Waals surface area contributed by atoms with E-state index in [-0.39, 0.29) is 6.61 Å². The summed E-state index contributed by atoms with van der Waals surface area (Å²) in [5, 5.41) is 9.19. The minimum atomic E-state index is -4.34. The molecule has 3 rings (SSSR count). The van der Waals surface area contributed by atoms with Crippen LogP contribution in [0.1, 0.15) is 32.6 Å². The largest absolute Gasteiger partial charge is 0.489 e. The topological polar surface area (TPSA) is 58.6 Å². The molecule has 8 heteroatoms. The third kappa shape index (κ3) is 6.77. The lowest BCUT2D eigenvalue weighted by Crippen LogP contribution is -2.09. The molecule has 0 spiro atoms. The van der Waals surface area contributed by atoms with Crippen LogP contribution in [0.25, 0.3) is 0 Å². The monoisotopic (exact) mass is 461 g/mol. The molecule has 0 unspecified atom stereocenters. The fourth-order valence-corrected chi connectivity index (χ4v) is 3.62. The van der Waals surface area contributed by atoms with Gasteiger partial charge in [0.15, 0.2) is 0 Å². The molecule has 0 aromatic heterocycles. The number of carboxylic acids is 1. The summed E-state index contributed by atoms with van der Waals surface area (Å²) in [6.07, 6.45) is -3.58. The van der Waals surface area contributed by atoms with Gasteiger partial charge in [-0.2, -0.15) is 13.2 Å². The van der Waals surface area contributed by atoms with E-state index in [9.17, 15) is 23.1 Å². The van der Waals surface area contributed by atoms with E-state index >= 15 is 0 Å². The van der Waals surface area contributed by atoms with Crippen molar-refractivity contribution in [2.45, 2.75) is 31.0 Å². The summed E-state index contributed by atoms with van der Waals surface area (Å²) in [4.78, 5) is 12.0. The zero-order chi connectivity index (χ0) is 23.1. The number of aryl methyl sites for hydroxylation is 1. The number of benzene rings is 3. The van der Waals surface area contributed by atoms with Crippen molar-refractivity contribution in [1.82, 2.24) is 4.72 Å². The molecule has 0 saturated carbocycles. The van der Waals surface area contributed by atoms with Crippen LogP contribution in [0.4, 0.5) is 13.2 Å². The first-order valence-corrected chi connectivity index (χ1v) is 10.7. The normalized spacial score (nSPS) is 11.4. The first-order valence-electron chi connectivity index (χ1n) is 9.84. The predicted octanol–water partition coefficient (Wildman–Crippen LogP) is 6.13. The molecule has 0 aliphatic carbocycles. The number of hydrogen-bond donors (Lipinski definition) is 2. The van der Waals surface area contributed by atoms with Gasteiger partial charge in [0.05, 0.1) is 11.1 Å². The van der Waals surface area contributed by atoms with Crippen molar-refractivity contribution in [1.29, 1.82) is 0 Å². The third-order valence-electron chi connectivity index (χ3n) is 4.76. The SMILES string of the molecule is Cc1ccc(SNCCc2ccc(OCc3ccc(C(F)(F)F)cc3)cc2)cc1C(=O)O. The Kier molecular flexibility index (Phi) is 7.82. The molecule has 0 heterocycles. The quantitative estimate of drug-likeness (QED) is 0.297. The Bertz CT molecular complexity index is 1050.